The Labute approximate surface area is 134 Å². The maximum absolute atomic E-state index is 12.6. The van der Waals surface area contributed by atoms with Crippen molar-refractivity contribution in [1.29, 1.82) is 5.41 Å². The van der Waals surface area contributed by atoms with Crippen LogP contribution in [0, 0.1) is 5.41 Å². The molecule has 1 heterocycles. The van der Waals surface area contributed by atoms with E-state index in [1.807, 2.05) is 0 Å². The Hall–Kier alpha value is -2.56. The number of likely N-dealkylation sites (N-methyl/N-ethyl adjacent to an activating group) is 1. The van der Waals surface area contributed by atoms with Gasteiger partial charge in [-0.05, 0) is 31.4 Å². The first-order valence-electron chi connectivity index (χ1n) is 7.03. The van der Waals surface area contributed by atoms with Crippen molar-refractivity contribution >= 4 is 23.6 Å². The van der Waals surface area contributed by atoms with E-state index in [0.717, 1.165) is 4.90 Å². The van der Waals surface area contributed by atoms with Gasteiger partial charge in [0.15, 0.2) is 5.54 Å². The lowest BCUT2D eigenvalue weighted by atomic mass is 9.91. The number of nitrogens with zero attached hydrogens (tertiary/aromatic N) is 5. The van der Waals surface area contributed by atoms with Crippen molar-refractivity contribution < 1.29 is 9.53 Å². The molecule has 1 unspecified atom stereocenters. The van der Waals surface area contributed by atoms with Gasteiger partial charge >= 0.3 is 0 Å². The highest BCUT2D eigenvalue weighted by atomic mass is 16.5. The number of carbonyl (C=O) groups excluding carboxylic acids is 1. The van der Waals surface area contributed by atoms with Crippen LogP contribution in [-0.2, 0) is 9.53 Å². The summed E-state index contributed by atoms with van der Waals surface area (Å²) in [4.78, 5) is 17.9. The van der Waals surface area contributed by atoms with Crippen molar-refractivity contribution in [2.24, 2.45) is 16.5 Å². The zero-order valence-corrected chi connectivity index (χ0v) is 13.5. The zero-order valence-electron chi connectivity index (χ0n) is 13.5. The monoisotopic (exact) mass is 325 g/mol. The summed E-state index contributed by atoms with van der Waals surface area (Å²) in [6.45, 7) is 2.24. The summed E-state index contributed by atoms with van der Waals surface area (Å²) >= 11 is 0. The van der Waals surface area contributed by atoms with Crippen molar-refractivity contribution in [3.05, 3.63) is 0 Å². The van der Waals surface area contributed by atoms with Crippen molar-refractivity contribution in [3.8, 4) is 0 Å². The summed E-state index contributed by atoms with van der Waals surface area (Å²) in [5.41, 5.74) is 10.0. The molecule has 11 nitrogen and oxygen atoms in total. The van der Waals surface area contributed by atoms with Crippen molar-refractivity contribution in [3.63, 3.8) is 0 Å². The summed E-state index contributed by atoms with van der Waals surface area (Å²) in [5.74, 6) is -0.306. The molecular formula is C12H23N9O2. The van der Waals surface area contributed by atoms with Gasteiger partial charge in [0.05, 0.1) is 12.9 Å². The Kier molecular flexibility index (Phi) is 6.57. The molecule has 0 bridgehead atoms. The molecule has 128 valence electrons. The van der Waals surface area contributed by atoms with Gasteiger partial charge in [-0.25, -0.2) is 0 Å². The molecule has 1 aromatic rings. The van der Waals surface area contributed by atoms with E-state index >= 15 is 0 Å². The fourth-order valence-corrected chi connectivity index (χ4v) is 1.96. The molecule has 6 N–H and O–H groups in total. The van der Waals surface area contributed by atoms with Gasteiger partial charge in [0.2, 0.25) is 5.90 Å². The van der Waals surface area contributed by atoms with Crippen LogP contribution in [0.25, 0.3) is 0 Å². The molecule has 11 heteroatoms. The number of hydrogen-bond donors (Lipinski definition) is 4. The molecule has 23 heavy (non-hydrogen) atoms. The van der Waals surface area contributed by atoms with Gasteiger partial charge < -0.3 is 16.2 Å². The van der Waals surface area contributed by atoms with Crippen LogP contribution in [0.2, 0.25) is 0 Å². The van der Waals surface area contributed by atoms with Gasteiger partial charge in [-0.3, -0.25) is 20.1 Å². The standard InChI is InChI=1S/C12H23N9O2/c1-8(13)16-7-5-4-6-12(15,9(14)23-3)10(22)21(2)11-17-19-20-18-11/h14H,4-7,15H2,1-3H3,(H2,13,16)(H,17,18,19,20). The van der Waals surface area contributed by atoms with Crippen LogP contribution in [0.5, 0.6) is 0 Å². The highest BCUT2D eigenvalue weighted by Gasteiger charge is 2.42. The number of hydrogen-bond acceptors (Lipinski definition) is 8. The molecule has 0 aliphatic heterocycles. The van der Waals surface area contributed by atoms with Crippen LogP contribution in [-0.4, -0.2) is 64.5 Å². The van der Waals surface area contributed by atoms with Gasteiger partial charge in [0, 0.05) is 13.6 Å². The number of tetrazole rings is 1. The normalized spacial score (nSPS) is 14.2. The highest BCUT2D eigenvalue weighted by Crippen LogP contribution is 2.19. The molecule has 0 spiro atoms. The third kappa shape index (κ3) is 4.71. The lowest BCUT2D eigenvalue weighted by Crippen LogP contribution is -2.60. The predicted molar refractivity (Wildman–Crippen MR) is 85.3 cm³/mol. The van der Waals surface area contributed by atoms with E-state index in [2.05, 4.69) is 25.6 Å². The number of ether oxygens (including phenoxy) is 1. The molecule has 1 atom stereocenters. The molecule has 0 saturated heterocycles. The third-order valence-corrected chi connectivity index (χ3v) is 3.27. The zero-order chi connectivity index (χ0) is 17.5. The van der Waals surface area contributed by atoms with Crippen LogP contribution in [0.4, 0.5) is 5.95 Å². The number of unbranched alkanes of at least 4 members (excludes halogenated alkanes) is 1. The molecule has 1 amide bonds. The van der Waals surface area contributed by atoms with Crippen LogP contribution >= 0.6 is 0 Å². The number of amidine groups is 1. The summed E-state index contributed by atoms with van der Waals surface area (Å²) in [7, 11) is 2.76. The van der Waals surface area contributed by atoms with Crippen LogP contribution in [0.15, 0.2) is 4.99 Å². The SMILES string of the molecule is COC(=N)C(N)(CCCCN=C(C)N)C(=O)N(C)c1nn[nH]n1. The Bertz CT molecular complexity index is 553. The first kappa shape index (κ1) is 18.5. The molecule has 1 aromatic heterocycles. The predicted octanol–water partition coefficient (Wildman–Crippen LogP) is -0.969. The number of aromatic amines is 1. The summed E-state index contributed by atoms with van der Waals surface area (Å²) < 4.78 is 4.90. The fourth-order valence-electron chi connectivity index (χ4n) is 1.96. The average molecular weight is 325 g/mol. The molecule has 0 aromatic carbocycles. The number of nitrogens with one attached hydrogen (secondary N) is 2. The number of nitrogens with two attached hydrogens (primary N) is 2. The van der Waals surface area contributed by atoms with Gasteiger partial charge in [-0.2, -0.15) is 5.21 Å². The van der Waals surface area contributed by atoms with E-state index in [0.29, 0.717) is 25.2 Å². The topological polar surface area (TPSA) is 172 Å². The van der Waals surface area contributed by atoms with Crippen molar-refractivity contribution in [2.45, 2.75) is 31.7 Å². The van der Waals surface area contributed by atoms with Gasteiger partial charge in [0.25, 0.3) is 11.9 Å². The molecule has 0 saturated carbocycles. The molecule has 0 radical (unpaired) electrons. The van der Waals surface area contributed by atoms with Crippen molar-refractivity contribution in [2.75, 3.05) is 25.6 Å². The van der Waals surface area contributed by atoms with Crippen LogP contribution in [0.1, 0.15) is 26.2 Å². The second-order valence-electron chi connectivity index (χ2n) is 5.06. The second kappa shape index (κ2) is 8.17. The minimum atomic E-state index is -1.61. The number of anilines is 1. The maximum Gasteiger partial charge on any atom is 0.272 e. The van der Waals surface area contributed by atoms with E-state index in [1.54, 1.807) is 6.92 Å². The van der Waals surface area contributed by atoms with Gasteiger partial charge in [-0.15, -0.1) is 5.10 Å². The van der Waals surface area contributed by atoms with E-state index in [4.69, 9.17) is 21.6 Å². The van der Waals surface area contributed by atoms with Gasteiger partial charge in [0.1, 0.15) is 0 Å². The molecule has 0 aliphatic carbocycles. The lowest BCUT2D eigenvalue weighted by Gasteiger charge is -2.30. The summed E-state index contributed by atoms with van der Waals surface area (Å²) in [5, 5.41) is 21.0. The van der Waals surface area contributed by atoms with E-state index in [9.17, 15) is 4.79 Å². The second-order valence-corrected chi connectivity index (χ2v) is 5.06. The number of rotatable bonds is 8. The molecular weight excluding hydrogens is 302 g/mol. The lowest BCUT2D eigenvalue weighted by molar-refractivity contribution is -0.122. The van der Waals surface area contributed by atoms with E-state index < -0.39 is 11.4 Å². The number of H-pyrrole nitrogens is 1. The largest absolute Gasteiger partial charge is 0.483 e. The Morgan fingerprint density at radius 3 is 2.74 bits per heavy atom. The smallest absolute Gasteiger partial charge is 0.272 e. The first-order chi connectivity index (χ1) is 10.8. The van der Waals surface area contributed by atoms with Crippen LogP contribution in [0.3, 0.4) is 0 Å². The van der Waals surface area contributed by atoms with Gasteiger partial charge in [-0.1, -0.05) is 5.10 Å². The summed E-state index contributed by atoms with van der Waals surface area (Å²) in [6, 6.07) is 0. The molecule has 1 rings (SSSR count). The van der Waals surface area contributed by atoms with Crippen molar-refractivity contribution in [1.82, 2.24) is 20.6 Å². The number of methoxy groups -OCH3 is 1. The van der Waals surface area contributed by atoms with E-state index in [1.165, 1.54) is 14.2 Å². The number of aliphatic imine (C=N–C) groups is 1. The number of aromatic nitrogens is 4. The quantitative estimate of drug-likeness (QED) is 0.270. The number of amides is 1. The minimum Gasteiger partial charge on any atom is -0.483 e. The van der Waals surface area contributed by atoms with Crippen LogP contribution < -0.4 is 16.4 Å². The molecule has 0 fully saturated rings. The Balaban J connectivity index is 2.79. The molecule has 0 aliphatic rings. The first-order valence-corrected chi connectivity index (χ1v) is 7.03. The Morgan fingerprint density at radius 2 is 2.22 bits per heavy atom. The minimum absolute atomic E-state index is 0.0667. The average Bonchev–Trinajstić information content (AvgIpc) is 3.06. The van der Waals surface area contributed by atoms with E-state index in [-0.39, 0.29) is 18.3 Å². The fraction of sp³-hybridized carbons (Fsp3) is 0.667. The number of carbonyl (C=O) groups is 1. The maximum atomic E-state index is 12.6. The third-order valence-electron chi connectivity index (χ3n) is 3.27. The summed E-state index contributed by atoms with van der Waals surface area (Å²) in [6.07, 6.45) is 1.48. The highest BCUT2D eigenvalue weighted by molar-refractivity contribution is 6.13. The Morgan fingerprint density at radius 1 is 1.52 bits per heavy atom.